The lowest BCUT2D eigenvalue weighted by Gasteiger charge is -2.23. The van der Waals surface area contributed by atoms with Crippen molar-refractivity contribution in [2.75, 3.05) is 18.1 Å². The van der Waals surface area contributed by atoms with Crippen molar-refractivity contribution in [2.45, 2.75) is 18.4 Å². The molecule has 4 aromatic rings. The monoisotopic (exact) mass is 463 g/mol. The molecular weight excluding hydrogens is 441 g/mol. The van der Waals surface area contributed by atoms with Gasteiger partial charge >= 0.3 is 0 Å². The molecule has 0 saturated heterocycles. The van der Waals surface area contributed by atoms with Gasteiger partial charge in [0, 0.05) is 29.3 Å². The largest absolute Gasteiger partial charge is 0.493 e. The third kappa shape index (κ3) is 2.88. The summed E-state index contributed by atoms with van der Waals surface area (Å²) in [4.78, 5) is 16.0. The van der Waals surface area contributed by atoms with Crippen molar-refractivity contribution in [1.29, 1.82) is 0 Å². The Morgan fingerprint density at radius 2 is 1.66 bits per heavy atom. The van der Waals surface area contributed by atoms with Crippen LogP contribution in [0, 0.1) is 5.82 Å². The van der Waals surface area contributed by atoms with Gasteiger partial charge in [-0.3, -0.25) is 4.79 Å². The smallest absolute Gasteiger partial charge is 0.246 e. The Labute approximate surface area is 202 Å². The maximum atomic E-state index is 14.2. The molecule has 172 valence electrons. The van der Waals surface area contributed by atoms with Gasteiger partial charge in [-0.15, -0.1) is 0 Å². The highest BCUT2D eigenvalue weighted by Gasteiger charge is 2.57. The zero-order chi connectivity index (χ0) is 23.6. The molecule has 7 rings (SSSR count). The van der Waals surface area contributed by atoms with Crippen molar-refractivity contribution >= 4 is 11.6 Å². The third-order valence-corrected chi connectivity index (χ3v) is 7.44. The zero-order valence-electron chi connectivity index (χ0n) is 19.0. The molecule has 0 aliphatic carbocycles. The highest BCUT2D eigenvalue weighted by molar-refractivity contribution is 6.11. The Morgan fingerprint density at radius 1 is 0.857 bits per heavy atom. The number of fused-ring (bicyclic) bond motifs is 5. The molecule has 4 nitrogen and oxygen atoms in total. The summed E-state index contributed by atoms with van der Waals surface area (Å²) < 4.78 is 26.0. The summed E-state index contributed by atoms with van der Waals surface area (Å²) in [6.45, 7) is 1.37. The summed E-state index contributed by atoms with van der Waals surface area (Å²) in [6.07, 6.45) is 0.840. The number of halogens is 1. The fourth-order valence-electron chi connectivity index (χ4n) is 5.67. The Morgan fingerprint density at radius 3 is 2.51 bits per heavy atom. The lowest BCUT2D eigenvalue weighted by molar-refractivity contribution is -0.122. The molecule has 1 amide bonds. The van der Waals surface area contributed by atoms with Gasteiger partial charge < -0.3 is 14.4 Å². The summed E-state index contributed by atoms with van der Waals surface area (Å²) in [6, 6.07) is 26.5. The molecule has 0 N–H and O–H groups in total. The number of benzene rings is 4. The molecule has 1 unspecified atom stereocenters. The first-order chi connectivity index (χ1) is 17.1. The molecule has 0 radical (unpaired) electrons. The SMILES string of the molecule is O=C1N(Cc2ccc(-c3ccccc3F)cc2)c2ccccc2C12COc1cc3c(cc12)CCO3. The molecule has 0 fully saturated rings. The minimum atomic E-state index is -0.851. The molecule has 1 atom stereocenters. The third-order valence-electron chi connectivity index (χ3n) is 7.44. The van der Waals surface area contributed by atoms with Crippen LogP contribution >= 0.6 is 0 Å². The predicted octanol–water partition coefficient (Wildman–Crippen LogP) is 5.65. The first kappa shape index (κ1) is 20.3. The molecule has 5 heteroatoms. The van der Waals surface area contributed by atoms with Crippen molar-refractivity contribution in [3.63, 3.8) is 0 Å². The first-order valence-corrected chi connectivity index (χ1v) is 11.8. The number of rotatable bonds is 3. The summed E-state index contributed by atoms with van der Waals surface area (Å²) in [5, 5.41) is 0. The number of nitrogens with zero attached hydrogens (tertiary/aromatic N) is 1. The van der Waals surface area contributed by atoms with Gasteiger partial charge in [0.15, 0.2) is 0 Å². The average Bonchev–Trinajstić information content (AvgIpc) is 3.56. The Hall–Kier alpha value is -4.12. The fourth-order valence-corrected chi connectivity index (χ4v) is 5.67. The van der Waals surface area contributed by atoms with Crippen LogP contribution in [0.25, 0.3) is 11.1 Å². The van der Waals surface area contributed by atoms with E-state index in [0.717, 1.165) is 51.4 Å². The van der Waals surface area contributed by atoms with E-state index in [-0.39, 0.29) is 18.3 Å². The quantitative estimate of drug-likeness (QED) is 0.394. The van der Waals surface area contributed by atoms with Gasteiger partial charge in [0.2, 0.25) is 5.91 Å². The van der Waals surface area contributed by atoms with E-state index in [2.05, 4.69) is 6.07 Å². The van der Waals surface area contributed by atoms with Crippen LogP contribution in [0.4, 0.5) is 10.1 Å². The Bertz CT molecular complexity index is 1500. The molecule has 0 saturated carbocycles. The van der Waals surface area contributed by atoms with Crippen LogP contribution < -0.4 is 14.4 Å². The van der Waals surface area contributed by atoms with Crippen molar-refractivity contribution < 1.29 is 18.7 Å². The number of carbonyl (C=O) groups excluding carboxylic acids is 1. The lowest BCUT2D eigenvalue weighted by Crippen LogP contribution is -2.42. The van der Waals surface area contributed by atoms with E-state index < -0.39 is 5.41 Å². The van der Waals surface area contributed by atoms with Crippen LogP contribution in [0.2, 0.25) is 0 Å². The normalized spacial score (nSPS) is 19.3. The van der Waals surface area contributed by atoms with Crippen LogP contribution in [0.3, 0.4) is 0 Å². The summed E-state index contributed by atoms with van der Waals surface area (Å²) in [7, 11) is 0. The number of amides is 1. The van der Waals surface area contributed by atoms with Gasteiger partial charge in [-0.1, -0.05) is 60.7 Å². The number of carbonyl (C=O) groups is 1. The van der Waals surface area contributed by atoms with Crippen LogP contribution in [0.1, 0.15) is 22.3 Å². The van der Waals surface area contributed by atoms with Gasteiger partial charge in [0.05, 0.1) is 13.2 Å². The van der Waals surface area contributed by atoms with Crippen molar-refractivity contribution in [1.82, 2.24) is 0 Å². The number of hydrogen-bond donors (Lipinski definition) is 0. The first-order valence-electron chi connectivity index (χ1n) is 11.8. The number of anilines is 1. The topological polar surface area (TPSA) is 38.8 Å². The van der Waals surface area contributed by atoms with Gasteiger partial charge in [-0.25, -0.2) is 4.39 Å². The van der Waals surface area contributed by atoms with Crippen LogP contribution in [-0.4, -0.2) is 19.1 Å². The highest BCUT2D eigenvalue weighted by atomic mass is 19.1. The average molecular weight is 464 g/mol. The van der Waals surface area contributed by atoms with Crippen molar-refractivity contribution in [2.24, 2.45) is 0 Å². The minimum Gasteiger partial charge on any atom is -0.493 e. The summed E-state index contributed by atoms with van der Waals surface area (Å²) >= 11 is 0. The molecule has 3 aliphatic heterocycles. The van der Waals surface area contributed by atoms with Crippen molar-refractivity contribution in [3.05, 3.63) is 113 Å². The minimum absolute atomic E-state index is 0.0227. The molecule has 4 aromatic carbocycles. The van der Waals surface area contributed by atoms with E-state index in [1.54, 1.807) is 12.1 Å². The van der Waals surface area contributed by atoms with Crippen LogP contribution in [0.15, 0.2) is 84.9 Å². The van der Waals surface area contributed by atoms with Crippen LogP contribution in [-0.2, 0) is 23.2 Å². The molecule has 35 heavy (non-hydrogen) atoms. The number of para-hydroxylation sites is 1. The highest BCUT2D eigenvalue weighted by Crippen LogP contribution is 2.54. The number of ether oxygens (including phenoxy) is 2. The standard InChI is InChI=1S/C30H22FNO3/c31-25-7-3-1-5-22(25)20-11-9-19(10-12-20)17-32-26-8-4-2-6-23(26)30(29(32)33)18-35-28-16-27-21(13-14-34-27)15-24(28)30/h1-12,15-16H,13-14,17-18H2. The van der Waals surface area contributed by atoms with E-state index >= 15 is 0 Å². The Kier molecular flexibility index (Phi) is 4.31. The summed E-state index contributed by atoms with van der Waals surface area (Å²) in [5.74, 6) is 1.35. The maximum absolute atomic E-state index is 14.2. The van der Waals surface area contributed by atoms with E-state index in [0.29, 0.717) is 18.7 Å². The second-order valence-corrected chi connectivity index (χ2v) is 9.33. The Balaban J connectivity index is 1.26. The van der Waals surface area contributed by atoms with Crippen molar-refractivity contribution in [3.8, 4) is 22.6 Å². The zero-order valence-corrected chi connectivity index (χ0v) is 19.0. The van der Waals surface area contributed by atoms with E-state index in [1.807, 2.05) is 65.6 Å². The van der Waals surface area contributed by atoms with E-state index in [9.17, 15) is 9.18 Å². The molecular formula is C30H22FNO3. The molecule has 3 aliphatic rings. The maximum Gasteiger partial charge on any atom is 0.246 e. The number of hydrogen-bond acceptors (Lipinski definition) is 3. The van der Waals surface area contributed by atoms with Gasteiger partial charge in [0.25, 0.3) is 0 Å². The molecule has 1 spiro atoms. The van der Waals surface area contributed by atoms with Gasteiger partial charge in [-0.2, -0.15) is 0 Å². The second-order valence-electron chi connectivity index (χ2n) is 9.33. The van der Waals surface area contributed by atoms with E-state index in [1.165, 1.54) is 6.07 Å². The van der Waals surface area contributed by atoms with E-state index in [4.69, 9.17) is 9.47 Å². The summed E-state index contributed by atoms with van der Waals surface area (Å²) in [5.41, 5.74) is 5.44. The molecule has 0 bridgehead atoms. The fraction of sp³-hybridized carbons (Fsp3) is 0.167. The van der Waals surface area contributed by atoms with Gasteiger partial charge in [-0.05, 0) is 40.5 Å². The molecule has 3 heterocycles. The van der Waals surface area contributed by atoms with Crippen LogP contribution in [0.5, 0.6) is 11.5 Å². The van der Waals surface area contributed by atoms with Gasteiger partial charge in [0.1, 0.15) is 29.3 Å². The lowest BCUT2D eigenvalue weighted by atomic mass is 9.76. The predicted molar refractivity (Wildman–Crippen MR) is 131 cm³/mol. The molecule has 0 aromatic heterocycles. The second kappa shape index (κ2) is 7.44.